The highest BCUT2D eigenvalue weighted by molar-refractivity contribution is 6.05. The Labute approximate surface area is 284 Å². The van der Waals surface area contributed by atoms with Gasteiger partial charge in [-0.05, 0) is 150 Å². The SMILES string of the molecule is CC/C(C)=C1\c2cc(-c3ccc4ccccc4c3)ccc2-c2cc3c(cc21)C(C(C)CC)c1cc(-c2ccc4ccccc4c2)ccc1-3. The Morgan fingerprint density at radius 1 is 0.479 bits per heavy atom. The first-order valence-corrected chi connectivity index (χ1v) is 17.7. The summed E-state index contributed by atoms with van der Waals surface area (Å²) in [5.74, 6) is 0.920. The molecule has 2 atom stereocenters. The summed E-state index contributed by atoms with van der Waals surface area (Å²) in [7, 11) is 0. The molecular formula is C48H40. The van der Waals surface area contributed by atoms with Crippen molar-refractivity contribution in [1.82, 2.24) is 0 Å². The maximum atomic E-state index is 2.58. The second-order valence-corrected chi connectivity index (χ2v) is 14.0. The van der Waals surface area contributed by atoms with Gasteiger partial charge in [-0.25, -0.2) is 0 Å². The second-order valence-electron chi connectivity index (χ2n) is 14.0. The van der Waals surface area contributed by atoms with Crippen LogP contribution in [0.25, 0.3) is 71.6 Å². The van der Waals surface area contributed by atoms with E-state index in [9.17, 15) is 0 Å². The first-order chi connectivity index (χ1) is 23.5. The molecule has 2 aliphatic carbocycles. The van der Waals surface area contributed by atoms with Crippen molar-refractivity contribution in [3.63, 3.8) is 0 Å². The fraction of sp³-hybridized carbons (Fsp3) is 0.167. The predicted octanol–water partition coefficient (Wildman–Crippen LogP) is 13.7. The summed E-state index contributed by atoms with van der Waals surface area (Å²) in [6.07, 6.45) is 2.18. The minimum absolute atomic E-state index is 0.380. The van der Waals surface area contributed by atoms with Crippen molar-refractivity contribution < 1.29 is 0 Å². The number of hydrogen-bond acceptors (Lipinski definition) is 0. The van der Waals surface area contributed by atoms with Gasteiger partial charge in [0.1, 0.15) is 0 Å². The van der Waals surface area contributed by atoms with Crippen molar-refractivity contribution in [2.45, 2.75) is 46.5 Å². The molecule has 2 unspecified atom stereocenters. The van der Waals surface area contributed by atoms with Gasteiger partial charge < -0.3 is 0 Å². The van der Waals surface area contributed by atoms with Gasteiger partial charge in [0, 0.05) is 5.92 Å². The van der Waals surface area contributed by atoms with E-state index in [0.29, 0.717) is 11.8 Å². The Balaban J connectivity index is 1.20. The standard InChI is InChI=1S/C48H40/c1-5-29(3)47-43-25-37(35-17-15-31-11-7-9-13-33(31)23-35)19-21-39(43)41-27-42-40-22-20-38(36-18-16-32-12-8-10-14-34(32)24-36)26-44(40)48(30(4)6-2)46(42)28-45(41)47/h7-29,47H,5-6H2,1-4H3/b48-30+. The van der Waals surface area contributed by atoms with Gasteiger partial charge in [0.05, 0.1) is 0 Å². The van der Waals surface area contributed by atoms with Crippen LogP contribution in [-0.4, -0.2) is 0 Å². The fourth-order valence-corrected chi connectivity index (χ4v) is 8.48. The molecule has 0 heteroatoms. The zero-order valence-corrected chi connectivity index (χ0v) is 28.3. The number of allylic oxidation sites excluding steroid dienone is 1. The minimum atomic E-state index is 0.380. The lowest BCUT2D eigenvalue weighted by Gasteiger charge is -2.22. The van der Waals surface area contributed by atoms with E-state index in [4.69, 9.17) is 0 Å². The van der Waals surface area contributed by atoms with Crippen molar-refractivity contribution in [2.24, 2.45) is 5.92 Å². The molecule has 48 heavy (non-hydrogen) atoms. The van der Waals surface area contributed by atoms with Crippen LogP contribution in [0.1, 0.15) is 68.7 Å². The molecule has 0 aromatic heterocycles. The quantitative estimate of drug-likeness (QED) is 0.180. The van der Waals surface area contributed by atoms with E-state index in [1.807, 2.05) is 0 Å². The molecule has 0 amide bonds. The summed E-state index contributed by atoms with van der Waals surface area (Å²) in [4.78, 5) is 0. The Morgan fingerprint density at radius 2 is 1.00 bits per heavy atom. The van der Waals surface area contributed by atoms with E-state index in [-0.39, 0.29) is 0 Å². The molecule has 0 radical (unpaired) electrons. The van der Waals surface area contributed by atoms with Crippen LogP contribution in [0, 0.1) is 5.92 Å². The molecule has 0 N–H and O–H groups in total. The van der Waals surface area contributed by atoms with E-state index >= 15 is 0 Å². The van der Waals surface area contributed by atoms with Crippen LogP contribution in [0.15, 0.2) is 139 Å². The molecule has 7 aromatic rings. The van der Waals surface area contributed by atoms with Gasteiger partial charge in [-0.1, -0.05) is 130 Å². The van der Waals surface area contributed by atoms with Crippen molar-refractivity contribution in [3.05, 3.63) is 161 Å². The van der Waals surface area contributed by atoms with Crippen LogP contribution in [0.4, 0.5) is 0 Å². The monoisotopic (exact) mass is 616 g/mol. The van der Waals surface area contributed by atoms with E-state index in [1.54, 1.807) is 0 Å². The van der Waals surface area contributed by atoms with E-state index in [1.165, 1.54) is 99.5 Å². The minimum Gasteiger partial charge on any atom is -0.0651 e. The Hall–Kier alpha value is -5.20. The van der Waals surface area contributed by atoms with Crippen molar-refractivity contribution in [1.29, 1.82) is 0 Å². The highest BCUT2D eigenvalue weighted by Crippen LogP contribution is 2.56. The van der Waals surface area contributed by atoms with Crippen molar-refractivity contribution in [3.8, 4) is 44.5 Å². The lowest BCUT2D eigenvalue weighted by molar-refractivity contribution is 0.503. The molecule has 0 nitrogen and oxygen atoms in total. The van der Waals surface area contributed by atoms with Gasteiger partial charge >= 0.3 is 0 Å². The molecule has 0 heterocycles. The van der Waals surface area contributed by atoms with E-state index in [0.717, 1.165) is 12.8 Å². The number of benzene rings is 7. The summed E-state index contributed by atoms with van der Waals surface area (Å²) < 4.78 is 0. The second kappa shape index (κ2) is 11.2. The molecule has 0 aliphatic heterocycles. The van der Waals surface area contributed by atoms with Crippen LogP contribution < -0.4 is 0 Å². The summed E-state index contributed by atoms with van der Waals surface area (Å²) in [5, 5.41) is 5.15. The smallest absolute Gasteiger partial charge is 0.0128 e. The lowest BCUT2D eigenvalue weighted by Crippen LogP contribution is -2.08. The molecule has 2 aliphatic rings. The Kier molecular flexibility index (Phi) is 6.77. The number of rotatable bonds is 5. The first kappa shape index (κ1) is 29.0. The summed E-state index contributed by atoms with van der Waals surface area (Å²) in [5.41, 5.74) is 19.4. The highest BCUT2D eigenvalue weighted by Gasteiger charge is 2.36. The lowest BCUT2D eigenvalue weighted by atomic mass is 9.82. The topological polar surface area (TPSA) is 0 Å². The largest absolute Gasteiger partial charge is 0.0651 e. The summed E-state index contributed by atoms with van der Waals surface area (Å²) in [6.45, 7) is 9.42. The summed E-state index contributed by atoms with van der Waals surface area (Å²) >= 11 is 0. The first-order valence-electron chi connectivity index (χ1n) is 17.7. The Bertz CT molecular complexity index is 2450. The number of hydrogen-bond donors (Lipinski definition) is 0. The van der Waals surface area contributed by atoms with Gasteiger partial charge in [-0.2, -0.15) is 0 Å². The van der Waals surface area contributed by atoms with Crippen molar-refractivity contribution >= 4 is 27.1 Å². The molecule has 9 rings (SSSR count). The molecule has 232 valence electrons. The third-order valence-corrected chi connectivity index (χ3v) is 11.4. The number of fused-ring (bicyclic) bond motifs is 8. The zero-order valence-electron chi connectivity index (χ0n) is 28.3. The molecule has 0 saturated carbocycles. The fourth-order valence-electron chi connectivity index (χ4n) is 8.48. The average Bonchev–Trinajstić information content (AvgIpc) is 3.63. The molecule has 0 fully saturated rings. The summed E-state index contributed by atoms with van der Waals surface area (Å²) in [6, 6.07) is 50.6. The molecule has 7 aromatic carbocycles. The third-order valence-electron chi connectivity index (χ3n) is 11.4. The van der Waals surface area contributed by atoms with Crippen LogP contribution in [0.5, 0.6) is 0 Å². The van der Waals surface area contributed by atoms with Gasteiger partial charge in [-0.15, -0.1) is 0 Å². The highest BCUT2D eigenvalue weighted by atomic mass is 14.4. The van der Waals surface area contributed by atoms with Gasteiger partial charge in [0.25, 0.3) is 0 Å². The normalized spacial score (nSPS) is 16.0. The average molecular weight is 617 g/mol. The van der Waals surface area contributed by atoms with Crippen LogP contribution >= 0.6 is 0 Å². The molecule has 0 bridgehead atoms. The molecular weight excluding hydrogens is 577 g/mol. The molecule has 0 spiro atoms. The van der Waals surface area contributed by atoms with Gasteiger partial charge in [0.15, 0.2) is 0 Å². The maximum Gasteiger partial charge on any atom is 0.0128 e. The Morgan fingerprint density at radius 3 is 1.62 bits per heavy atom. The van der Waals surface area contributed by atoms with Crippen molar-refractivity contribution in [2.75, 3.05) is 0 Å². The molecule has 0 saturated heterocycles. The van der Waals surface area contributed by atoms with Crippen LogP contribution in [0.3, 0.4) is 0 Å². The maximum absolute atomic E-state index is 2.58. The van der Waals surface area contributed by atoms with E-state index in [2.05, 4.69) is 161 Å². The van der Waals surface area contributed by atoms with Gasteiger partial charge in [-0.3, -0.25) is 0 Å². The van der Waals surface area contributed by atoms with Crippen LogP contribution in [-0.2, 0) is 0 Å². The third kappa shape index (κ3) is 4.43. The van der Waals surface area contributed by atoms with Crippen LogP contribution in [0.2, 0.25) is 0 Å². The predicted molar refractivity (Wildman–Crippen MR) is 206 cm³/mol. The zero-order chi connectivity index (χ0) is 32.5. The van der Waals surface area contributed by atoms with E-state index < -0.39 is 0 Å². The van der Waals surface area contributed by atoms with Gasteiger partial charge in [0.2, 0.25) is 0 Å².